The minimum Gasteiger partial charge on any atom is -0.387 e. The van der Waals surface area contributed by atoms with Gasteiger partial charge in [0.05, 0.1) is 18.3 Å². The van der Waals surface area contributed by atoms with Crippen LogP contribution in [0, 0.1) is 5.82 Å². The monoisotopic (exact) mass is 394 g/mol. The fourth-order valence-electron chi connectivity index (χ4n) is 3.66. The fourth-order valence-corrected chi connectivity index (χ4v) is 3.66. The Morgan fingerprint density at radius 1 is 1.17 bits per heavy atom. The third-order valence-electron chi connectivity index (χ3n) is 5.49. The minimum absolute atomic E-state index is 0.126. The van der Waals surface area contributed by atoms with Gasteiger partial charge in [0.2, 0.25) is 5.95 Å². The largest absolute Gasteiger partial charge is 0.387 e. The number of fused-ring (bicyclic) bond motifs is 1. The van der Waals surface area contributed by atoms with Gasteiger partial charge in [0.15, 0.2) is 0 Å². The normalized spacial score (nSPS) is 16.3. The van der Waals surface area contributed by atoms with Gasteiger partial charge in [0.1, 0.15) is 5.82 Å². The number of nitrogens with zero attached hydrogens (tertiary/aromatic N) is 4. The second-order valence-corrected chi connectivity index (χ2v) is 7.91. The van der Waals surface area contributed by atoms with Crippen molar-refractivity contribution in [1.29, 1.82) is 0 Å². The predicted molar refractivity (Wildman–Crippen MR) is 109 cm³/mol. The molecule has 0 fully saturated rings. The Balaban J connectivity index is 1.75. The molecule has 29 heavy (non-hydrogen) atoms. The van der Waals surface area contributed by atoms with Gasteiger partial charge in [-0.2, -0.15) is 0 Å². The number of aromatic nitrogens is 3. The fraction of sp³-hybridized carbons (Fsp3) is 0.318. The van der Waals surface area contributed by atoms with Crippen LogP contribution in [0.1, 0.15) is 31.9 Å². The summed E-state index contributed by atoms with van der Waals surface area (Å²) in [5, 5.41) is 10.8. The SMILES string of the molecule is CC1(C)CCn2c(nc(-c3ccncc3)cc2=O)N1CC(O)c1ccc(F)cc1. The van der Waals surface area contributed by atoms with Gasteiger partial charge in [-0.15, -0.1) is 0 Å². The molecular formula is C22H23FN4O2. The molecular weight excluding hydrogens is 371 g/mol. The van der Waals surface area contributed by atoms with E-state index in [1.807, 2.05) is 17.0 Å². The zero-order valence-electron chi connectivity index (χ0n) is 16.4. The molecule has 6 nitrogen and oxygen atoms in total. The molecule has 4 rings (SSSR count). The van der Waals surface area contributed by atoms with Crippen molar-refractivity contribution >= 4 is 5.95 Å². The molecule has 0 bridgehead atoms. The topological polar surface area (TPSA) is 71.2 Å². The van der Waals surface area contributed by atoms with Crippen LogP contribution in [0.3, 0.4) is 0 Å². The summed E-state index contributed by atoms with van der Waals surface area (Å²) in [7, 11) is 0. The lowest BCUT2D eigenvalue weighted by Crippen LogP contribution is -2.53. The second-order valence-electron chi connectivity index (χ2n) is 7.91. The van der Waals surface area contributed by atoms with Crippen LogP contribution in [0.4, 0.5) is 10.3 Å². The van der Waals surface area contributed by atoms with Crippen LogP contribution >= 0.6 is 0 Å². The number of benzene rings is 1. The standard InChI is InChI=1S/C22H23FN4O2/c1-22(2)9-12-26-20(29)13-18(15-7-10-24-11-8-15)25-21(26)27(22)14-19(28)16-3-5-17(23)6-4-16/h3-8,10-11,13,19,28H,9,12,14H2,1-2H3. The van der Waals surface area contributed by atoms with Crippen molar-refractivity contribution in [2.24, 2.45) is 0 Å². The van der Waals surface area contributed by atoms with Crippen LogP contribution in [0.15, 0.2) is 59.7 Å². The summed E-state index contributed by atoms with van der Waals surface area (Å²) < 4.78 is 14.9. The van der Waals surface area contributed by atoms with Gasteiger partial charge in [-0.25, -0.2) is 9.37 Å². The van der Waals surface area contributed by atoms with Crippen molar-refractivity contribution in [3.63, 3.8) is 0 Å². The van der Waals surface area contributed by atoms with Gasteiger partial charge in [0.25, 0.3) is 5.56 Å². The summed E-state index contributed by atoms with van der Waals surface area (Å²) in [6, 6.07) is 11.0. The van der Waals surface area contributed by atoms with Gasteiger partial charge < -0.3 is 10.0 Å². The summed E-state index contributed by atoms with van der Waals surface area (Å²) in [6.45, 7) is 4.94. The van der Waals surface area contributed by atoms with Crippen LogP contribution in [-0.2, 0) is 6.54 Å². The summed E-state index contributed by atoms with van der Waals surface area (Å²) in [6.07, 6.45) is 3.22. The average Bonchev–Trinajstić information content (AvgIpc) is 2.71. The first kappa shape index (κ1) is 19.3. The first-order valence-corrected chi connectivity index (χ1v) is 9.59. The number of pyridine rings is 1. The van der Waals surface area contributed by atoms with E-state index < -0.39 is 6.10 Å². The maximum Gasteiger partial charge on any atom is 0.255 e. The van der Waals surface area contributed by atoms with E-state index in [1.165, 1.54) is 18.2 Å². The number of aliphatic hydroxyl groups is 1. The van der Waals surface area contributed by atoms with Crippen molar-refractivity contribution in [3.8, 4) is 11.3 Å². The average molecular weight is 394 g/mol. The lowest BCUT2D eigenvalue weighted by Gasteiger charge is -2.45. The van der Waals surface area contributed by atoms with E-state index >= 15 is 0 Å². The Kier molecular flexibility index (Phi) is 4.92. The third kappa shape index (κ3) is 3.78. The summed E-state index contributed by atoms with van der Waals surface area (Å²) >= 11 is 0. The molecule has 0 saturated heterocycles. The molecule has 0 aliphatic carbocycles. The quantitative estimate of drug-likeness (QED) is 0.736. The zero-order valence-corrected chi connectivity index (χ0v) is 16.4. The summed E-state index contributed by atoms with van der Waals surface area (Å²) in [4.78, 5) is 23.5. The molecule has 0 amide bonds. The molecule has 2 aromatic heterocycles. The maximum absolute atomic E-state index is 13.2. The number of rotatable bonds is 4. The molecule has 3 aromatic rings. The van der Waals surface area contributed by atoms with Crippen LogP contribution < -0.4 is 10.5 Å². The van der Waals surface area contributed by atoms with E-state index in [0.717, 1.165) is 12.0 Å². The van der Waals surface area contributed by atoms with E-state index in [2.05, 4.69) is 18.8 Å². The molecule has 150 valence electrons. The number of aliphatic hydroxyl groups excluding tert-OH is 1. The van der Waals surface area contributed by atoms with E-state index in [0.29, 0.717) is 23.8 Å². The van der Waals surface area contributed by atoms with Gasteiger partial charge >= 0.3 is 0 Å². The third-order valence-corrected chi connectivity index (χ3v) is 5.49. The Morgan fingerprint density at radius 3 is 2.55 bits per heavy atom. The Bertz CT molecular complexity index is 1060. The molecule has 1 unspecified atom stereocenters. The van der Waals surface area contributed by atoms with E-state index in [-0.39, 0.29) is 23.5 Å². The van der Waals surface area contributed by atoms with Gasteiger partial charge in [0, 0.05) is 36.1 Å². The van der Waals surface area contributed by atoms with Crippen LogP contribution in [0.5, 0.6) is 0 Å². The molecule has 1 aliphatic heterocycles. The predicted octanol–water partition coefficient (Wildman–Crippen LogP) is 3.17. The summed E-state index contributed by atoms with van der Waals surface area (Å²) in [5.74, 6) is 0.182. The molecule has 1 atom stereocenters. The highest BCUT2D eigenvalue weighted by atomic mass is 19.1. The molecule has 7 heteroatoms. The Labute approximate surface area is 168 Å². The second kappa shape index (κ2) is 7.40. The number of anilines is 1. The first-order valence-electron chi connectivity index (χ1n) is 9.59. The smallest absolute Gasteiger partial charge is 0.255 e. The van der Waals surface area contributed by atoms with Crippen molar-refractivity contribution in [3.05, 3.63) is 76.6 Å². The number of halogens is 1. The van der Waals surface area contributed by atoms with Crippen LogP contribution in [0.2, 0.25) is 0 Å². The van der Waals surface area contributed by atoms with E-state index in [1.54, 1.807) is 29.1 Å². The van der Waals surface area contributed by atoms with Crippen LogP contribution in [0.25, 0.3) is 11.3 Å². The number of hydrogen-bond acceptors (Lipinski definition) is 5. The minimum atomic E-state index is -0.845. The first-order chi connectivity index (χ1) is 13.8. The summed E-state index contributed by atoms with van der Waals surface area (Å²) in [5.41, 5.74) is 1.56. The number of hydrogen-bond donors (Lipinski definition) is 1. The molecule has 1 aliphatic rings. The van der Waals surface area contributed by atoms with E-state index in [9.17, 15) is 14.3 Å². The number of β-amino-alcohol motifs (C(OH)–C–C–N with tert-alkyl or cyclic N) is 1. The molecule has 0 spiro atoms. The molecule has 3 heterocycles. The van der Waals surface area contributed by atoms with Gasteiger partial charge in [-0.1, -0.05) is 12.1 Å². The Hall–Kier alpha value is -3.06. The highest BCUT2D eigenvalue weighted by Crippen LogP contribution is 2.33. The van der Waals surface area contributed by atoms with E-state index in [4.69, 9.17) is 4.98 Å². The van der Waals surface area contributed by atoms with Crippen molar-refractivity contribution in [2.45, 2.75) is 38.5 Å². The van der Waals surface area contributed by atoms with Crippen molar-refractivity contribution < 1.29 is 9.50 Å². The maximum atomic E-state index is 13.2. The highest BCUT2D eigenvalue weighted by molar-refractivity contribution is 5.60. The Morgan fingerprint density at radius 2 is 1.86 bits per heavy atom. The molecule has 0 radical (unpaired) electrons. The van der Waals surface area contributed by atoms with Crippen molar-refractivity contribution in [2.75, 3.05) is 11.4 Å². The lowest BCUT2D eigenvalue weighted by atomic mass is 9.95. The van der Waals surface area contributed by atoms with Crippen molar-refractivity contribution in [1.82, 2.24) is 14.5 Å². The molecule has 1 N–H and O–H groups in total. The highest BCUT2D eigenvalue weighted by Gasteiger charge is 2.36. The molecule has 0 saturated carbocycles. The lowest BCUT2D eigenvalue weighted by molar-refractivity contribution is 0.168. The molecule has 1 aromatic carbocycles. The zero-order chi connectivity index (χ0) is 20.6. The van der Waals surface area contributed by atoms with Gasteiger partial charge in [-0.3, -0.25) is 14.3 Å². The van der Waals surface area contributed by atoms with Gasteiger partial charge in [-0.05, 0) is 50.1 Å². The van der Waals surface area contributed by atoms with Crippen LogP contribution in [-0.4, -0.2) is 31.7 Å².